The van der Waals surface area contributed by atoms with Crippen molar-refractivity contribution < 1.29 is 18.7 Å². The van der Waals surface area contributed by atoms with Crippen LogP contribution in [0.2, 0.25) is 0 Å². The SMILES string of the molecule is C=C(C(O)c1cccnc1)P(=O)(OCC)OCC. The van der Waals surface area contributed by atoms with E-state index >= 15 is 0 Å². The average molecular weight is 271 g/mol. The van der Waals surface area contributed by atoms with Crippen LogP contribution in [-0.4, -0.2) is 23.3 Å². The third-order valence-corrected chi connectivity index (χ3v) is 4.41. The Morgan fingerprint density at radius 2 is 2.11 bits per heavy atom. The second kappa shape index (κ2) is 6.81. The molecule has 0 saturated carbocycles. The van der Waals surface area contributed by atoms with Gasteiger partial charge >= 0.3 is 7.60 Å². The monoisotopic (exact) mass is 271 g/mol. The van der Waals surface area contributed by atoms with E-state index in [1.807, 2.05) is 0 Å². The Balaban J connectivity index is 2.94. The second-order valence-corrected chi connectivity index (χ2v) is 5.60. The summed E-state index contributed by atoms with van der Waals surface area (Å²) in [6, 6.07) is 3.35. The van der Waals surface area contributed by atoms with Crippen LogP contribution in [0.5, 0.6) is 0 Å². The number of rotatable bonds is 7. The first-order valence-corrected chi connectivity index (χ1v) is 7.26. The smallest absolute Gasteiger partial charge is 0.359 e. The average Bonchev–Trinajstić information content (AvgIpc) is 2.38. The molecule has 0 radical (unpaired) electrons. The standard InChI is InChI=1S/C12H18NO4P/c1-4-16-18(15,17-5-2)10(3)12(14)11-7-6-8-13-9-11/h6-9,12,14H,3-5H2,1-2H3. The summed E-state index contributed by atoms with van der Waals surface area (Å²) in [7, 11) is -3.50. The lowest BCUT2D eigenvalue weighted by Crippen LogP contribution is -2.06. The molecule has 0 aliphatic rings. The van der Waals surface area contributed by atoms with Crippen molar-refractivity contribution in [3.8, 4) is 0 Å². The van der Waals surface area contributed by atoms with Gasteiger partial charge in [0.2, 0.25) is 0 Å². The lowest BCUT2D eigenvalue weighted by atomic mass is 10.2. The van der Waals surface area contributed by atoms with Crippen LogP contribution in [0.25, 0.3) is 0 Å². The number of aliphatic hydroxyl groups excluding tert-OH is 1. The minimum Gasteiger partial charge on any atom is -0.383 e. The first-order chi connectivity index (χ1) is 8.55. The van der Waals surface area contributed by atoms with E-state index < -0.39 is 13.7 Å². The summed E-state index contributed by atoms with van der Waals surface area (Å²) in [4.78, 5) is 3.89. The first-order valence-electron chi connectivity index (χ1n) is 5.71. The molecule has 1 aromatic rings. The zero-order valence-corrected chi connectivity index (χ0v) is 11.5. The van der Waals surface area contributed by atoms with Gasteiger partial charge in [-0.2, -0.15) is 0 Å². The van der Waals surface area contributed by atoms with Crippen LogP contribution >= 0.6 is 7.60 Å². The van der Waals surface area contributed by atoms with E-state index in [4.69, 9.17) is 9.05 Å². The molecule has 5 nitrogen and oxygen atoms in total. The molecule has 1 aromatic heterocycles. The van der Waals surface area contributed by atoms with Crippen LogP contribution in [0.4, 0.5) is 0 Å². The summed E-state index contributed by atoms with van der Waals surface area (Å²) < 4.78 is 22.7. The number of hydrogen-bond donors (Lipinski definition) is 1. The van der Waals surface area contributed by atoms with Gasteiger partial charge in [0.25, 0.3) is 0 Å². The van der Waals surface area contributed by atoms with Crippen LogP contribution in [-0.2, 0) is 13.6 Å². The highest BCUT2D eigenvalue weighted by atomic mass is 31.2. The molecular formula is C12H18NO4P. The van der Waals surface area contributed by atoms with Crippen LogP contribution in [0.15, 0.2) is 36.4 Å². The zero-order chi connectivity index (χ0) is 13.6. The number of aromatic nitrogens is 1. The maximum atomic E-state index is 12.4. The fraction of sp³-hybridized carbons (Fsp3) is 0.417. The van der Waals surface area contributed by atoms with Crippen LogP contribution in [0.3, 0.4) is 0 Å². The van der Waals surface area contributed by atoms with E-state index in [0.717, 1.165) is 0 Å². The van der Waals surface area contributed by atoms with E-state index in [1.54, 1.807) is 32.2 Å². The highest BCUT2D eigenvalue weighted by molar-refractivity contribution is 7.58. The van der Waals surface area contributed by atoms with Gasteiger partial charge in [-0.1, -0.05) is 12.6 Å². The summed E-state index contributed by atoms with van der Waals surface area (Å²) in [6.45, 7) is 7.49. The number of aliphatic hydroxyl groups is 1. The van der Waals surface area contributed by atoms with Gasteiger partial charge in [0.15, 0.2) is 0 Å². The molecule has 0 aliphatic heterocycles. The molecule has 0 amide bonds. The van der Waals surface area contributed by atoms with Crippen molar-refractivity contribution in [1.29, 1.82) is 0 Å². The van der Waals surface area contributed by atoms with Gasteiger partial charge in [-0.3, -0.25) is 9.55 Å². The van der Waals surface area contributed by atoms with Crippen molar-refractivity contribution in [2.24, 2.45) is 0 Å². The third kappa shape index (κ3) is 3.50. The Labute approximate surface area is 107 Å². The lowest BCUT2D eigenvalue weighted by Gasteiger charge is -2.22. The Kier molecular flexibility index (Phi) is 5.69. The molecule has 0 saturated heterocycles. The second-order valence-electron chi connectivity index (χ2n) is 3.51. The summed E-state index contributed by atoms with van der Waals surface area (Å²) in [5.74, 6) is 0. The topological polar surface area (TPSA) is 68.7 Å². The summed E-state index contributed by atoms with van der Waals surface area (Å²) in [5, 5.41) is 10.1. The molecule has 0 aromatic carbocycles. The molecule has 1 unspecified atom stereocenters. The normalized spacial score (nSPS) is 13.3. The molecular weight excluding hydrogens is 253 g/mol. The maximum absolute atomic E-state index is 12.4. The van der Waals surface area contributed by atoms with Crippen molar-refractivity contribution in [1.82, 2.24) is 4.98 Å². The van der Waals surface area contributed by atoms with Gasteiger partial charge in [-0.25, -0.2) is 0 Å². The molecule has 6 heteroatoms. The molecule has 1 heterocycles. The van der Waals surface area contributed by atoms with Gasteiger partial charge in [0, 0.05) is 18.0 Å². The Bertz CT molecular complexity index is 425. The molecule has 1 atom stereocenters. The molecule has 0 spiro atoms. The van der Waals surface area contributed by atoms with Crippen LogP contribution < -0.4 is 0 Å². The van der Waals surface area contributed by atoms with E-state index in [2.05, 4.69) is 11.6 Å². The molecule has 0 bridgehead atoms. The van der Waals surface area contributed by atoms with Crippen molar-refractivity contribution in [3.05, 3.63) is 42.0 Å². The van der Waals surface area contributed by atoms with Gasteiger partial charge in [-0.15, -0.1) is 0 Å². The highest BCUT2D eigenvalue weighted by Crippen LogP contribution is 2.59. The zero-order valence-electron chi connectivity index (χ0n) is 10.6. The maximum Gasteiger partial charge on any atom is 0.359 e. The van der Waals surface area contributed by atoms with E-state index in [9.17, 15) is 9.67 Å². The number of hydrogen-bond acceptors (Lipinski definition) is 5. The molecule has 0 aliphatic carbocycles. The van der Waals surface area contributed by atoms with Crippen molar-refractivity contribution in [3.63, 3.8) is 0 Å². The van der Waals surface area contributed by atoms with E-state index in [-0.39, 0.29) is 18.5 Å². The Morgan fingerprint density at radius 3 is 2.56 bits per heavy atom. The van der Waals surface area contributed by atoms with Gasteiger partial charge in [-0.05, 0) is 19.9 Å². The fourth-order valence-electron chi connectivity index (χ4n) is 1.42. The lowest BCUT2D eigenvalue weighted by molar-refractivity contribution is 0.193. The van der Waals surface area contributed by atoms with Gasteiger partial charge in [0.05, 0.1) is 18.5 Å². The van der Waals surface area contributed by atoms with Gasteiger partial charge < -0.3 is 14.2 Å². The molecule has 100 valence electrons. The van der Waals surface area contributed by atoms with Gasteiger partial charge in [0.1, 0.15) is 6.10 Å². The minimum atomic E-state index is -3.50. The summed E-state index contributed by atoms with van der Waals surface area (Å²) in [5.41, 5.74) is 0.502. The van der Waals surface area contributed by atoms with E-state index in [0.29, 0.717) is 5.56 Å². The quantitative estimate of drug-likeness (QED) is 0.772. The largest absolute Gasteiger partial charge is 0.383 e. The Morgan fingerprint density at radius 1 is 1.50 bits per heavy atom. The van der Waals surface area contributed by atoms with Crippen molar-refractivity contribution >= 4 is 7.60 Å². The molecule has 1 rings (SSSR count). The van der Waals surface area contributed by atoms with Crippen LogP contribution in [0, 0.1) is 0 Å². The molecule has 18 heavy (non-hydrogen) atoms. The Hall–Kier alpha value is -1.00. The molecule has 1 N–H and O–H groups in total. The van der Waals surface area contributed by atoms with Crippen LogP contribution in [0.1, 0.15) is 25.5 Å². The van der Waals surface area contributed by atoms with Crippen molar-refractivity contribution in [2.45, 2.75) is 20.0 Å². The number of pyridine rings is 1. The predicted octanol–water partition coefficient (Wildman–Crippen LogP) is 2.89. The minimum absolute atomic E-state index is 0.0270. The fourth-order valence-corrected chi connectivity index (χ4v) is 2.96. The highest BCUT2D eigenvalue weighted by Gasteiger charge is 2.33. The van der Waals surface area contributed by atoms with Crippen molar-refractivity contribution in [2.75, 3.05) is 13.2 Å². The summed E-state index contributed by atoms with van der Waals surface area (Å²) >= 11 is 0. The summed E-state index contributed by atoms with van der Waals surface area (Å²) in [6.07, 6.45) is 1.95. The predicted molar refractivity (Wildman–Crippen MR) is 69.2 cm³/mol. The number of nitrogens with zero attached hydrogens (tertiary/aromatic N) is 1. The van der Waals surface area contributed by atoms with E-state index in [1.165, 1.54) is 6.20 Å². The molecule has 0 fully saturated rings. The first kappa shape index (κ1) is 15.1. The third-order valence-electron chi connectivity index (χ3n) is 2.27.